The average molecular weight is 354 g/mol. The summed E-state index contributed by atoms with van der Waals surface area (Å²) in [6.07, 6.45) is 0. The maximum absolute atomic E-state index is 12.1. The number of piperazine rings is 1. The molecule has 0 bridgehead atoms. The van der Waals surface area contributed by atoms with Gasteiger partial charge in [-0.15, -0.1) is 0 Å². The Hall–Kier alpha value is -1.07. The molecular weight excluding hydrogens is 330 g/mol. The third kappa shape index (κ3) is 3.58. The van der Waals surface area contributed by atoms with Crippen LogP contribution in [0.4, 0.5) is 5.69 Å². The quantitative estimate of drug-likeness (QED) is 0.874. The predicted octanol–water partition coefficient (Wildman–Crippen LogP) is 2.66. The number of hydrogen-bond donors (Lipinski definition) is 2. The average Bonchev–Trinajstić information content (AvgIpc) is 2.40. The molecule has 0 aromatic heterocycles. The molecule has 1 aromatic carbocycles. The summed E-state index contributed by atoms with van der Waals surface area (Å²) in [6.45, 7) is 10.5. The van der Waals surface area contributed by atoms with Crippen LogP contribution in [0.3, 0.4) is 0 Å². The number of amides is 1. The van der Waals surface area contributed by atoms with E-state index in [0.29, 0.717) is 12.6 Å². The van der Waals surface area contributed by atoms with Gasteiger partial charge in [0.25, 0.3) is 0 Å². The molecule has 5 heteroatoms. The van der Waals surface area contributed by atoms with Crippen LogP contribution in [0.1, 0.15) is 33.3 Å². The number of carbonyl (C=O) groups is 1. The summed E-state index contributed by atoms with van der Waals surface area (Å²) in [6, 6.07) is 6.82. The molecule has 0 atom stereocenters. The van der Waals surface area contributed by atoms with Gasteiger partial charge in [-0.2, -0.15) is 0 Å². The van der Waals surface area contributed by atoms with Crippen LogP contribution < -0.4 is 15.5 Å². The summed E-state index contributed by atoms with van der Waals surface area (Å²) in [5.74, 6) is 0.0752. The second-order valence-electron chi connectivity index (χ2n) is 6.29. The molecule has 1 aromatic rings. The van der Waals surface area contributed by atoms with Gasteiger partial charge >= 0.3 is 0 Å². The van der Waals surface area contributed by atoms with Gasteiger partial charge in [-0.05, 0) is 47.5 Å². The maximum Gasteiger partial charge on any atom is 0.245 e. The van der Waals surface area contributed by atoms with Crippen molar-refractivity contribution in [2.75, 3.05) is 18.0 Å². The molecule has 0 aliphatic carbocycles. The van der Waals surface area contributed by atoms with Crippen LogP contribution in [-0.4, -0.2) is 30.6 Å². The molecule has 2 rings (SSSR count). The Bertz CT molecular complexity index is 528. The SMILES string of the molecule is CC(C)NCc1ccc(N2CCNC(=O)C2(C)C)c(Br)c1. The molecule has 116 valence electrons. The summed E-state index contributed by atoms with van der Waals surface area (Å²) in [5.41, 5.74) is 1.78. The summed E-state index contributed by atoms with van der Waals surface area (Å²) < 4.78 is 1.04. The molecule has 4 nitrogen and oxygen atoms in total. The molecule has 0 spiro atoms. The molecule has 1 aliphatic rings. The van der Waals surface area contributed by atoms with E-state index in [-0.39, 0.29) is 5.91 Å². The van der Waals surface area contributed by atoms with Crippen molar-refractivity contribution < 1.29 is 4.79 Å². The van der Waals surface area contributed by atoms with Crippen molar-refractivity contribution in [3.05, 3.63) is 28.2 Å². The van der Waals surface area contributed by atoms with E-state index >= 15 is 0 Å². The highest BCUT2D eigenvalue weighted by molar-refractivity contribution is 9.10. The van der Waals surface area contributed by atoms with Crippen molar-refractivity contribution in [2.45, 2.75) is 45.8 Å². The summed E-state index contributed by atoms with van der Waals surface area (Å²) >= 11 is 3.66. The molecule has 1 aliphatic heterocycles. The van der Waals surface area contributed by atoms with Gasteiger partial charge in [-0.25, -0.2) is 0 Å². The lowest BCUT2D eigenvalue weighted by Gasteiger charge is -2.43. The van der Waals surface area contributed by atoms with Crippen molar-refractivity contribution in [1.29, 1.82) is 0 Å². The first kappa shape index (κ1) is 16.3. The van der Waals surface area contributed by atoms with Crippen LogP contribution in [0.5, 0.6) is 0 Å². The van der Waals surface area contributed by atoms with Crippen molar-refractivity contribution in [3.8, 4) is 0 Å². The molecular formula is C16H24BrN3O. The van der Waals surface area contributed by atoms with Crippen LogP contribution in [0.2, 0.25) is 0 Å². The molecule has 1 fully saturated rings. The van der Waals surface area contributed by atoms with Crippen LogP contribution in [0, 0.1) is 0 Å². The first-order valence-corrected chi connectivity index (χ1v) is 8.19. The van der Waals surface area contributed by atoms with E-state index in [4.69, 9.17) is 0 Å². The highest BCUT2D eigenvalue weighted by Gasteiger charge is 2.38. The standard InChI is InChI=1S/C16H24BrN3O/c1-11(2)19-10-12-5-6-14(13(17)9-12)20-8-7-18-15(21)16(20,3)4/h5-6,9,11,19H,7-8,10H2,1-4H3,(H,18,21). The molecule has 0 saturated carbocycles. The number of rotatable bonds is 4. The second kappa shape index (κ2) is 6.36. The van der Waals surface area contributed by atoms with E-state index < -0.39 is 5.54 Å². The minimum absolute atomic E-state index is 0.0752. The number of carbonyl (C=O) groups excluding carboxylic acids is 1. The van der Waals surface area contributed by atoms with Gasteiger partial charge in [0, 0.05) is 30.1 Å². The van der Waals surface area contributed by atoms with Crippen LogP contribution >= 0.6 is 15.9 Å². The number of halogens is 1. The third-order valence-electron chi connectivity index (χ3n) is 3.87. The zero-order valence-electron chi connectivity index (χ0n) is 13.2. The first-order chi connectivity index (χ1) is 9.82. The van der Waals surface area contributed by atoms with Gasteiger partial charge in [0.2, 0.25) is 5.91 Å². The summed E-state index contributed by atoms with van der Waals surface area (Å²) in [5, 5.41) is 6.34. The maximum atomic E-state index is 12.1. The monoisotopic (exact) mass is 353 g/mol. The van der Waals surface area contributed by atoms with E-state index in [9.17, 15) is 4.79 Å². The van der Waals surface area contributed by atoms with E-state index in [1.165, 1.54) is 5.56 Å². The number of anilines is 1. The predicted molar refractivity (Wildman–Crippen MR) is 90.6 cm³/mol. The Labute approximate surface area is 135 Å². The summed E-state index contributed by atoms with van der Waals surface area (Å²) in [7, 11) is 0. The highest BCUT2D eigenvalue weighted by atomic mass is 79.9. The third-order valence-corrected chi connectivity index (χ3v) is 4.50. The Morgan fingerprint density at radius 3 is 2.76 bits per heavy atom. The topological polar surface area (TPSA) is 44.4 Å². The second-order valence-corrected chi connectivity index (χ2v) is 7.14. The molecule has 0 unspecified atom stereocenters. The van der Waals surface area contributed by atoms with Crippen LogP contribution in [0.15, 0.2) is 22.7 Å². The van der Waals surface area contributed by atoms with Crippen molar-refractivity contribution in [1.82, 2.24) is 10.6 Å². The lowest BCUT2D eigenvalue weighted by Crippen LogP contribution is -2.62. The van der Waals surface area contributed by atoms with Crippen LogP contribution in [-0.2, 0) is 11.3 Å². The minimum atomic E-state index is -0.529. The molecule has 1 heterocycles. The molecule has 1 amide bonds. The van der Waals surface area contributed by atoms with E-state index in [2.05, 4.69) is 63.5 Å². The number of benzene rings is 1. The fraction of sp³-hybridized carbons (Fsp3) is 0.562. The number of nitrogens with one attached hydrogen (secondary N) is 2. The van der Waals surface area contributed by atoms with Crippen LogP contribution in [0.25, 0.3) is 0 Å². The zero-order chi connectivity index (χ0) is 15.6. The van der Waals surface area contributed by atoms with Gasteiger partial charge in [0.05, 0.1) is 5.69 Å². The lowest BCUT2D eigenvalue weighted by atomic mass is 9.97. The Morgan fingerprint density at radius 2 is 2.14 bits per heavy atom. The van der Waals surface area contributed by atoms with Gasteiger partial charge in [0.1, 0.15) is 5.54 Å². The molecule has 0 radical (unpaired) electrons. The number of nitrogens with zero attached hydrogens (tertiary/aromatic N) is 1. The van der Waals surface area contributed by atoms with Crippen molar-refractivity contribution in [3.63, 3.8) is 0 Å². The zero-order valence-corrected chi connectivity index (χ0v) is 14.8. The van der Waals surface area contributed by atoms with E-state index in [1.54, 1.807) is 0 Å². The molecule has 1 saturated heterocycles. The largest absolute Gasteiger partial charge is 0.355 e. The fourth-order valence-corrected chi connectivity index (χ4v) is 3.16. The lowest BCUT2D eigenvalue weighted by molar-refractivity contribution is -0.126. The highest BCUT2D eigenvalue weighted by Crippen LogP contribution is 2.33. The van der Waals surface area contributed by atoms with Gasteiger partial charge in [-0.3, -0.25) is 4.79 Å². The first-order valence-electron chi connectivity index (χ1n) is 7.40. The fourth-order valence-electron chi connectivity index (χ4n) is 2.52. The Morgan fingerprint density at radius 1 is 1.43 bits per heavy atom. The van der Waals surface area contributed by atoms with Gasteiger partial charge < -0.3 is 15.5 Å². The van der Waals surface area contributed by atoms with E-state index in [0.717, 1.165) is 23.2 Å². The normalized spacial score (nSPS) is 18.0. The van der Waals surface area contributed by atoms with Crippen molar-refractivity contribution in [2.24, 2.45) is 0 Å². The van der Waals surface area contributed by atoms with Gasteiger partial charge in [0.15, 0.2) is 0 Å². The summed E-state index contributed by atoms with van der Waals surface area (Å²) in [4.78, 5) is 14.2. The Kier molecular flexibility index (Phi) is 4.94. The smallest absolute Gasteiger partial charge is 0.245 e. The number of hydrogen-bond acceptors (Lipinski definition) is 3. The minimum Gasteiger partial charge on any atom is -0.355 e. The molecule has 21 heavy (non-hydrogen) atoms. The Balaban J connectivity index is 2.22. The molecule has 2 N–H and O–H groups in total. The van der Waals surface area contributed by atoms with Crippen molar-refractivity contribution >= 4 is 27.5 Å². The van der Waals surface area contributed by atoms with E-state index in [1.807, 2.05) is 13.8 Å². The van der Waals surface area contributed by atoms with Gasteiger partial charge in [-0.1, -0.05) is 19.9 Å².